The lowest BCUT2D eigenvalue weighted by molar-refractivity contribution is -0.0992. The number of hydrogen-bond acceptors (Lipinski definition) is 2. The Morgan fingerprint density at radius 3 is 2.53 bits per heavy atom. The molecule has 0 amide bonds. The van der Waals surface area contributed by atoms with Gasteiger partial charge in [-0.1, -0.05) is 19.3 Å². The monoisotopic (exact) mass is 252 g/mol. The van der Waals surface area contributed by atoms with E-state index >= 15 is 0 Å². The number of alkyl halides is 1. The molecule has 94 valence electrons. The van der Waals surface area contributed by atoms with Gasteiger partial charge in [0.1, 0.15) is 4.87 Å². The predicted octanol–water partition coefficient (Wildman–Crippen LogP) is 3.31. The summed E-state index contributed by atoms with van der Waals surface area (Å²) in [6.07, 6.45) is 9.85. The number of hydrogen-bond donors (Lipinski definition) is 0. The van der Waals surface area contributed by atoms with Gasteiger partial charge < -0.3 is 0 Å². The number of nitriles is 1. The van der Waals surface area contributed by atoms with Crippen molar-refractivity contribution in [2.45, 2.75) is 61.8 Å². The van der Waals surface area contributed by atoms with Crippen molar-refractivity contribution in [2.24, 2.45) is 5.92 Å². The highest BCUT2D eigenvalue weighted by Crippen LogP contribution is 2.61. The van der Waals surface area contributed by atoms with Gasteiger partial charge in [0, 0.05) is 0 Å². The molecule has 3 unspecified atom stereocenters. The molecule has 3 fully saturated rings. The van der Waals surface area contributed by atoms with Crippen molar-refractivity contribution in [3.8, 4) is 6.07 Å². The molecule has 2 saturated carbocycles. The summed E-state index contributed by atoms with van der Waals surface area (Å²) in [7, 11) is 0. The van der Waals surface area contributed by atoms with E-state index in [0.717, 1.165) is 25.9 Å². The van der Waals surface area contributed by atoms with Crippen LogP contribution < -0.4 is 0 Å². The highest BCUT2D eigenvalue weighted by Gasteiger charge is 2.68. The summed E-state index contributed by atoms with van der Waals surface area (Å²) >= 11 is 6.65. The lowest BCUT2D eigenvalue weighted by atomic mass is 9.51. The minimum Gasteiger partial charge on any atom is -0.295 e. The van der Waals surface area contributed by atoms with Crippen LogP contribution in [-0.4, -0.2) is 28.4 Å². The summed E-state index contributed by atoms with van der Waals surface area (Å²) in [6, 6.07) is 2.44. The third-order valence-corrected chi connectivity index (χ3v) is 5.91. The molecule has 0 aromatic rings. The molecule has 17 heavy (non-hydrogen) atoms. The summed E-state index contributed by atoms with van der Waals surface area (Å²) < 4.78 is 0. The van der Waals surface area contributed by atoms with Crippen molar-refractivity contribution in [1.29, 1.82) is 5.26 Å². The van der Waals surface area contributed by atoms with E-state index in [2.05, 4.69) is 11.0 Å². The van der Waals surface area contributed by atoms with Crippen LogP contribution in [0.25, 0.3) is 0 Å². The second kappa shape index (κ2) is 4.14. The van der Waals surface area contributed by atoms with E-state index in [1.807, 2.05) is 0 Å². The Morgan fingerprint density at radius 1 is 1.12 bits per heavy atom. The second-order valence-electron chi connectivity index (χ2n) is 6.03. The van der Waals surface area contributed by atoms with Crippen LogP contribution in [-0.2, 0) is 0 Å². The Balaban J connectivity index is 1.90. The van der Waals surface area contributed by atoms with Crippen LogP contribution in [0, 0.1) is 17.2 Å². The van der Waals surface area contributed by atoms with Crippen LogP contribution in [0.15, 0.2) is 0 Å². The number of piperidine rings is 1. The third-order valence-electron chi connectivity index (χ3n) is 5.35. The first-order chi connectivity index (χ1) is 8.23. The summed E-state index contributed by atoms with van der Waals surface area (Å²) in [6.45, 7) is 2.32. The molecule has 0 radical (unpaired) electrons. The van der Waals surface area contributed by atoms with Gasteiger partial charge in [-0.2, -0.15) is 5.26 Å². The van der Waals surface area contributed by atoms with Crippen LogP contribution in [0.2, 0.25) is 0 Å². The van der Waals surface area contributed by atoms with Crippen molar-refractivity contribution in [2.75, 3.05) is 13.1 Å². The second-order valence-corrected chi connectivity index (χ2v) is 6.68. The Bertz CT molecular complexity index is 345. The minimum absolute atomic E-state index is 0.0297. The fourth-order valence-corrected chi connectivity index (χ4v) is 5.06. The summed E-state index contributed by atoms with van der Waals surface area (Å²) in [5.74, 6) is 0.687. The Hall–Kier alpha value is -0.260. The quantitative estimate of drug-likeness (QED) is 0.670. The van der Waals surface area contributed by atoms with E-state index < -0.39 is 4.87 Å². The van der Waals surface area contributed by atoms with Gasteiger partial charge in [-0.15, -0.1) is 11.6 Å². The zero-order chi connectivity index (χ0) is 11.9. The molecule has 1 heterocycles. The number of nitrogens with zero attached hydrogens (tertiary/aromatic N) is 2. The fraction of sp³-hybridized carbons (Fsp3) is 0.929. The fourth-order valence-electron chi connectivity index (χ4n) is 4.51. The van der Waals surface area contributed by atoms with Crippen LogP contribution in [0.4, 0.5) is 0 Å². The zero-order valence-electron chi connectivity index (χ0n) is 10.4. The third kappa shape index (κ3) is 1.48. The maximum atomic E-state index is 9.47. The van der Waals surface area contributed by atoms with Crippen molar-refractivity contribution in [1.82, 2.24) is 4.90 Å². The van der Waals surface area contributed by atoms with Crippen molar-refractivity contribution >= 4 is 11.6 Å². The first-order valence-electron chi connectivity index (χ1n) is 7.08. The Kier molecular flexibility index (Phi) is 2.88. The smallest absolute Gasteiger partial charge is 0.149 e. The average molecular weight is 253 g/mol. The molecule has 2 aliphatic carbocycles. The van der Waals surface area contributed by atoms with Gasteiger partial charge in [-0.05, 0) is 51.1 Å². The van der Waals surface area contributed by atoms with Crippen molar-refractivity contribution in [3.63, 3.8) is 0 Å². The summed E-state index contributed by atoms with van der Waals surface area (Å²) in [5.41, 5.74) is 0.0297. The van der Waals surface area contributed by atoms with Crippen LogP contribution in [0.1, 0.15) is 51.4 Å². The van der Waals surface area contributed by atoms with Gasteiger partial charge >= 0.3 is 0 Å². The maximum Gasteiger partial charge on any atom is 0.149 e. The lowest BCUT2D eigenvalue weighted by Crippen LogP contribution is -2.75. The zero-order valence-corrected chi connectivity index (χ0v) is 11.2. The SMILES string of the molecule is N#CC1(Cl)CC2CCCCC21N1CCCCC1. The normalized spacial score (nSPS) is 46.7. The molecule has 0 aromatic heterocycles. The molecule has 3 aliphatic rings. The lowest BCUT2D eigenvalue weighted by Gasteiger charge is -2.65. The average Bonchev–Trinajstić information content (AvgIpc) is 2.38. The molecule has 1 aliphatic heterocycles. The molecule has 1 saturated heterocycles. The molecule has 0 N–H and O–H groups in total. The molecule has 3 atom stereocenters. The Labute approximate surface area is 109 Å². The number of fused-ring (bicyclic) bond motifs is 1. The molecular weight excluding hydrogens is 232 g/mol. The molecule has 3 rings (SSSR count). The molecule has 0 aromatic carbocycles. The molecule has 3 heteroatoms. The first kappa shape index (κ1) is 11.8. The van der Waals surface area contributed by atoms with Gasteiger partial charge in [-0.25, -0.2) is 0 Å². The maximum absolute atomic E-state index is 9.47. The predicted molar refractivity (Wildman–Crippen MR) is 68.9 cm³/mol. The molecular formula is C14H21ClN2. The van der Waals surface area contributed by atoms with Gasteiger partial charge in [0.05, 0.1) is 11.6 Å². The van der Waals surface area contributed by atoms with Gasteiger partial charge in [-0.3, -0.25) is 4.90 Å². The van der Waals surface area contributed by atoms with Crippen molar-refractivity contribution in [3.05, 3.63) is 0 Å². The van der Waals surface area contributed by atoms with E-state index in [0.29, 0.717) is 5.92 Å². The highest BCUT2D eigenvalue weighted by atomic mass is 35.5. The van der Waals surface area contributed by atoms with E-state index in [9.17, 15) is 5.26 Å². The van der Waals surface area contributed by atoms with Crippen LogP contribution in [0.5, 0.6) is 0 Å². The van der Waals surface area contributed by atoms with Crippen molar-refractivity contribution < 1.29 is 0 Å². The highest BCUT2D eigenvalue weighted by molar-refractivity contribution is 6.27. The van der Waals surface area contributed by atoms with Gasteiger partial charge in [0.15, 0.2) is 0 Å². The molecule has 2 nitrogen and oxygen atoms in total. The topological polar surface area (TPSA) is 27.0 Å². The van der Waals surface area contributed by atoms with E-state index in [4.69, 9.17) is 11.6 Å². The van der Waals surface area contributed by atoms with E-state index in [1.165, 1.54) is 38.5 Å². The number of likely N-dealkylation sites (tertiary alicyclic amines) is 1. The largest absolute Gasteiger partial charge is 0.295 e. The summed E-state index contributed by atoms with van der Waals surface area (Å²) in [5, 5.41) is 9.47. The summed E-state index contributed by atoms with van der Waals surface area (Å²) in [4.78, 5) is 2.00. The Morgan fingerprint density at radius 2 is 1.88 bits per heavy atom. The van der Waals surface area contributed by atoms with Crippen LogP contribution >= 0.6 is 11.6 Å². The van der Waals surface area contributed by atoms with Crippen LogP contribution in [0.3, 0.4) is 0 Å². The van der Waals surface area contributed by atoms with E-state index in [-0.39, 0.29) is 5.54 Å². The van der Waals surface area contributed by atoms with Gasteiger partial charge in [0.2, 0.25) is 0 Å². The number of rotatable bonds is 1. The molecule has 0 bridgehead atoms. The standard InChI is InChI=1S/C14H21ClN2/c15-13(11-16)10-12-6-2-3-7-14(12,13)17-8-4-1-5-9-17/h12H,1-10H2. The molecule has 0 spiro atoms. The van der Waals surface area contributed by atoms with E-state index in [1.54, 1.807) is 0 Å². The first-order valence-corrected chi connectivity index (χ1v) is 7.46. The van der Waals surface area contributed by atoms with Gasteiger partial charge in [0.25, 0.3) is 0 Å². The minimum atomic E-state index is -0.588. The number of halogens is 1.